The average Bonchev–Trinajstić information content (AvgIpc) is 3.58. The fraction of sp³-hybridized carbons (Fsp3) is 0.375. The maximum Gasteiger partial charge on any atom is 0.230 e. The lowest BCUT2D eigenvalue weighted by Gasteiger charge is -2.23. The molecule has 35 heavy (non-hydrogen) atoms. The smallest absolute Gasteiger partial charge is 0.230 e. The Morgan fingerprint density at radius 3 is 2.77 bits per heavy atom. The van der Waals surface area contributed by atoms with Gasteiger partial charge in [-0.1, -0.05) is 6.07 Å². The number of hydrogen-bond donors (Lipinski definition) is 2. The summed E-state index contributed by atoms with van der Waals surface area (Å²) >= 11 is 0. The molecule has 0 saturated carbocycles. The molecule has 1 aromatic carbocycles. The molecule has 1 fully saturated rings. The van der Waals surface area contributed by atoms with Gasteiger partial charge in [0.05, 0.1) is 22.8 Å². The van der Waals surface area contributed by atoms with Crippen molar-refractivity contribution < 1.29 is 4.74 Å². The first kappa shape index (κ1) is 21.5. The fourth-order valence-electron chi connectivity index (χ4n) is 4.59. The molecule has 0 bridgehead atoms. The number of aromatic nitrogens is 8. The largest absolute Gasteiger partial charge is 0.356 e. The molecule has 1 aliphatic heterocycles. The van der Waals surface area contributed by atoms with Crippen LogP contribution in [0.4, 0.5) is 23.3 Å². The van der Waals surface area contributed by atoms with E-state index in [1.54, 1.807) is 10.9 Å². The van der Waals surface area contributed by atoms with Gasteiger partial charge in [0, 0.05) is 44.0 Å². The highest BCUT2D eigenvalue weighted by molar-refractivity contribution is 5.98. The highest BCUT2D eigenvalue weighted by Crippen LogP contribution is 2.34. The number of ether oxygens (including phenoxy) is 1. The number of fused-ring (bicyclic) bond motifs is 2. The fourth-order valence-corrected chi connectivity index (χ4v) is 4.59. The van der Waals surface area contributed by atoms with Crippen LogP contribution in [-0.4, -0.2) is 45.9 Å². The Labute approximate surface area is 202 Å². The molecule has 2 N–H and O–H groups in total. The number of anilines is 4. The predicted molar refractivity (Wildman–Crippen MR) is 134 cm³/mol. The van der Waals surface area contributed by atoms with Crippen LogP contribution in [0.2, 0.25) is 0 Å². The molecule has 0 spiro atoms. The van der Waals surface area contributed by atoms with Crippen LogP contribution in [0.1, 0.15) is 38.0 Å². The normalized spacial score (nSPS) is 16.3. The quantitative estimate of drug-likeness (QED) is 0.373. The van der Waals surface area contributed by atoms with Crippen molar-refractivity contribution in [3.05, 3.63) is 42.4 Å². The first-order valence-corrected chi connectivity index (χ1v) is 12.0. The van der Waals surface area contributed by atoms with Crippen molar-refractivity contribution in [2.75, 3.05) is 17.2 Å². The van der Waals surface area contributed by atoms with Crippen molar-refractivity contribution in [1.82, 2.24) is 39.3 Å². The van der Waals surface area contributed by atoms with E-state index in [1.165, 1.54) is 0 Å². The number of benzene rings is 1. The van der Waals surface area contributed by atoms with E-state index in [2.05, 4.69) is 44.9 Å². The summed E-state index contributed by atoms with van der Waals surface area (Å²) in [7, 11) is 1.87. The Bertz CT molecular complexity index is 1510. The molecule has 5 heterocycles. The van der Waals surface area contributed by atoms with E-state index in [1.807, 2.05) is 41.8 Å². The molecular weight excluding hydrogens is 444 g/mol. The minimum atomic E-state index is -0.0182. The van der Waals surface area contributed by atoms with Gasteiger partial charge in [-0.3, -0.25) is 4.68 Å². The lowest BCUT2D eigenvalue weighted by atomic mass is 10.1. The molecule has 11 nitrogen and oxygen atoms in total. The molecule has 180 valence electrons. The number of hydrogen-bond acceptors (Lipinski definition) is 8. The van der Waals surface area contributed by atoms with Crippen LogP contribution >= 0.6 is 0 Å². The maximum absolute atomic E-state index is 5.99. The summed E-state index contributed by atoms with van der Waals surface area (Å²) in [6, 6.07) is 6.10. The third-order valence-electron chi connectivity index (χ3n) is 6.40. The van der Waals surface area contributed by atoms with Crippen LogP contribution in [0.3, 0.4) is 0 Å². The summed E-state index contributed by atoms with van der Waals surface area (Å²) in [5.41, 5.74) is 3.87. The standard InChI is InChI=1S/C24H28N10O/c1-4-33-23-17(13-25-24(29-23)27-19-10-11-32(3)30-19)22(31-33)28-21-15(2)8-9-18-16(21)14-26-34(18)20-7-5-6-12-35-20/h8-11,13-14,20H,4-7,12H2,1-3H3,(H,28,31)(H,25,27,29,30). The zero-order valence-corrected chi connectivity index (χ0v) is 20.1. The Hall–Kier alpha value is -3.99. The molecule has 11 heteroatoms. The lowest BCUT2D eigenvalue weighted by molar-refractivity contribution is -0.0366. The van der Waals surface area contributed by atoms with Crippen LogP contribution in [0.5, 0.6) is 0 Å². The summed E-state index contributed by atoms with van der Waals surface area (Å²) < 4.78 is 11.6. The van der Waals surface area contributed by atoms with Crippen LogP contribution in [-0.2, 0) is 18.3 Å². The predicted octanol–water partition coefficient (Wildman–Crippen LogP) is 4.42. The van der Waals surface area contributed by atoms with Gasteiger partial charge in [0.25, 0.3) is 0 Å². The summed E-state index contributed by atoms with van der Waals surface area (Å²) in [5.74, 6) is 1.88. The Morgan fingerprint density at radius 1 is 1.09 bits per heavy atom. The van der Waals surface area contributed by atoms with Gasteiger partial charge in [-0.15, -0.1) is 0 Å². The maximum atomic E-state index is 5.99. The van der Waals surface area contributed by atoms with Crippen molar-refractivity contribution in [3.63, 3.8) is 0 Å². The molecule has 6 rings (SSSR count). The minimum absolute atomic E-state index is 0.0182. The minimum Gasteiger partial charge on any atom is -0.356 e. The van der Waals surface area contributed by atoms with E-state index in [0.29, 0.717) is 24.1 Å². The van der Waals surface area contributed by atoms with Crippen LogP contribution in [0, 0.1) is 6.92 Å². The molecule has 5 aromatic rings. The van der Waals surface area contributed by atoms with E-state index < -0.39 is 0 Å². The van der Waals surface area contributed by atoms with Crippen LogP contribution in [0.15, 0.2) is 36.8 Å². The third-order valence-corrected chi connectivity index (χ3v) is 6.40. The number of nitrogens with zero attached hydrogens (tertiary/aromatic N) is 8. The first-order valence-electron chi connectivity index (χ1n) is 12.0. The summed E-state index contributed by atoms with van der Waals surface area (Å²) in [6.45, 7) is 5.59. The van der Waals surface area contributed by atoms with Crippen molar-refractivity contribution >= 4 is 45.2 Å². The topological polar surface area (TPSA) is 113 Å². The van der Waals surface area contributed by atoms with Gasteiger partial charge < -0.3 is 15.4 Å². The molecule has 1 atom stereocenters. The molecular formula is C24H28N10O. The second-order valence-electron chi connectivity index (χ2n) is 8.82. The summed E-state index contributed by atoms with van der Waals surface area (Å²) in [5, 5.41) is 22.4. The highest BCUT2D eigenvalue weighted by Gasteiger charge is 2.21. The second kappa shape index (κ2) is 8.66. The molecule has 1 saturated heterocycles. The summed E-state index contributed by atoms with van der Waals surface area (Å²) in [4.78, 5) is 9.23. The number of nitrogens with one attached hydrogen (secondary N) is 2. The van der Waals surface area contributed by atoms with Gasteiger partial charge in [0.2, 0.25) is 5.95 Å². The van der Waals surface area contributed by atoms with Gasteiger partial charge in [-0.2, -0.15) is 20.3 Å². The molecule has 0 aliphatic carbocycles. The van der Waals surface area contributed by atoms with Crippen molar-refractivity contribution in [2.45, 2.75) is 45.9 Å². The van der Waals surface area contributed by atoms with E-state index >= 15 is 0 Å². The Kier molecular flexibility index (Phi) is 5.33. The van der Waals surface area contributed by atoms with Gasteiger partial charge in [-0.05, 0) is 44.7 Å². The molecule has 1 unspecified atom stereocenters. The van der Waals surface area contributed by atoms with E-state index in [-0.39, 0.29) is 6.23 Å². The van der Waals surface area contributed by atoms with Crippen molar-refractivity contribution in [2.24, 2.45) is 7.05 Å². The van der Waals surface area contributed by atoms with Crippen molar-refractivity contribution in [1.29, 1.82) is 0 Å². The van der Waals surface area contributed by atoms with Crippen LogP contribution in [0.25, 0.3) is 21.9 Å². The van der Waals surface area contributed by atoms with E-state index in [9.17, 15) is 0 Å². The summed E-state index contributed by atoms with van der Waals surface area (Å²) in [6.07, 6.45) is 8.79. The molecule has 0 radical (unpaired) electrons. The number of rotatable bonds is 6. The first-order chi connectivity index (χ1) is 17.1. The van der Waals surface area contributed by atoms with E-state index in [0.717, 1.165) is 59.1 Å². The Morgan fingerprint density at radius 2 is 2.00 bits per heavy atom. The zero-order valence-electron chi connectivity index (χ0n) is 20.1. The Balaban J connectivity index is 1.37. The average molecular weight is 473 g/mol. The SMILES string of the molecule is CCn1nc(Nc2c(C)ccc3c2cnn3C2CCCCO2)c2cnc(Nc3ccn(C)n3)nc21. The van der Waals surface area contributed by atoms with Crippen LogP contribution < -0.4 is 10.6 Å². The van der Waals surface area contributed by atoms with Gasteiger partial charge in [0.15, 0.2) is 23.5 Å². The zero-order chi connectivity index (χ0) is 23.9. The van der Waals surface area contributed by atoms with Gasteiger partial charge in [0.1, 0.15) is 0 Å². The van der Waals surface area contributed by atoms with Gasteiger partial charge in [-0.25, -0.2) is 14.3 Å². The highest BCUT2D eigenvalue weighted by atomic mass is 16.5. The van der Waals surface area contributed by atoms with E-state index in [4.69, 9.17) is 14.8 Å². The second-order valence-corrected chi connectivity index (χ2v) is 8.82. The van der Waals surface area contributed by atoms with Gasteiger partial charge >= 0.3 is 0 Å². The monoisotopic (exact) mass is 472 g/mol. The number of aryl methyl sites for hydroxylation is 3. The third kappa shape index (κ3) is 3.87. The van der Waals surface area contributed by atoms with Crippen molar-refractivity contribution in [3.8, 4) is 0 Å². The molecule has 1 aliphatic rings. The lowest BCUT2D eigenvalue weighted by Crippen LogP contribution is -2.18. The molecule has 0 amide bonds. The molecule has 4 aromatic heterocycles.